The molecule has 44 heavy (non-hydrogen) atoms. The molecule has 0 spiro atoms. The largest absolute Gasteiger partial charge is 0.420 e. The highest BCUT2D eigenvalue weighted by Crippen LogP contribution is 2.44. The van der Waals surface area contributed by atoms with Crippen LogP contribution in [0.5, 0.6) is 5.75 Å². The molecule has 2 aliphatic rings. The summed E-state index contributed by atoms with van der Waals surface area (Å²) in [5, 5.41) is 9.08. The van der Waals surface area contributed by atoms with Gasteiger partial charge < -0.3 is 15.6 Å². The summed E-state index contributed by atoms with van der Waals surface area (Å²) >= 11 is 0. The molecule has 1 aliphatic heterocycles. The van der Waals surface area contributed by atoms with E-state index in [4.69, 9.17) is 15.6 Å². The van der Waals surface area contributed by atoms with E-state index in [0.717, 1.165) is 36.5 Å². The van der Waals surface area contributed by atoms with Crippen molar-refractivity contribution in [3.8, 4) is 5.75 Å². The number of nitrogens with two attached hydrogens (primary N) is 1. The molecule has 3 N–H and O–H groups in total. The Kier molecular flexibility index (Phi) is 12.0. The summed E-state index contributed by atoms with van der Waals surface area (Å²) < 4.78 is 103. The Morgan fingerprint density at radius 3 is 2.18 bits per heavy atom. The van der Waals surface area contributed by atoms with Gasteiger partial charge in [0.15, 0.2) is 5.75 Å². The van der Waals surface area contributed by atoms with Crippen LogP contribution in [0.4, 0.5) is 35.5 Å². The summed E-state index contributed by atoms with van der Waals surface area (Å²) in [7, 11) is 0. The molecule has 0 radical (unpaired) electrons. The number of carbonyl (C=O) groups is 1. The summed E-state index contributed by atoms with van der Waals surface area (Å²) in [5.74, 6) is -1.61. The lowest BCUT2D eigenvalue weighted by atomic mass is 9.98. The van der Waals surface area contributed by atoms with Crippen LogP contribution >= 0.6 is 0 Å². The molecule has 1 aromatic rings. The Bertz CT molecular complexity index is 1280. The van der Waals surface area contributed by atoms with Crippen molar-refractivity contribution >= 4 is 17.9 Å². The molecular formula is C29H36F7N5O3. The maximum atomic E-state index is 14.2. The summed E-state index contributed by atoms with van der Waals surface area (Å²) in [6, 6.07) is -0.334. The quantitative estimate of drug-likeness (QED) is 0.263. The molecule has 0 atom stereocenters. The second-order valence-electron chi connectivity index (χ2n) is 10.6. The third-order valence-corrected chi connectivity index (χ3v) is 7.16. The van der Waals surface area contributed by atoms with Crippen molar-refractivity contribution in [2.75, 3.05) is 52.4 Å². The number of aliphatic hydroxyl groups excluding tert-OH is 1. The highest BCUT2D eigenvalue weighted by Gasteiger charge is 2.42. The number of benzene rings is 1. The van der Waals surface area contributed by atoms with Crippen LogP contribution in [-0.4, -0.2) is 90.6 Å². The van der Waals surface area contributed by atoms with Crippen molar-refractivity contribution in [3.63, 3.8) is 0 Å². The summed E-state index contributed by atoms with van der Waals surface area (Å²) in [6.07, 6.45) is -7.54. The second-order valence-corrected chi connectivity index (χ2v) is 10.6. The van der Waals surface area contributed by atoms with E-state index in [-0.39, 0.29) is 43.3 Å². The van der Waals surface area contributed by atoms with Crippen molar-refractivity contribution in [1.82, 2.24) is 14.7 Å². The van der Waals surface area contributed by atoms with E-state index in [9.17, 15) is 35.5 Å². The van der Waals surface area contributed by atoms with Gasteiger partial charge in [-0.15, -0.1) is 0 Å². The zero-order chi connectivity index (χ0) is 32.7. The van der Waals surface area contributed by atoms with Crippen LogP contribution in [0.3, 0.4) is 0 Å². The predicted octanol–water partition coefficient (Wildman–Crippen LogP) is 5.44. The molecule has 244 valence electrons. The van der Waals surface area contributed by atoms with Crippen molar-refractivity contribution in [3.05, 3.63) is 58.7 Å². The van der Waals surface area contributed by atoms with E-state index in [0.29, 0.717) is 32.2 Å². The Balaban J connectivity index is 1.97. The smallest absolute Gasteiger partial charge is 0.409 e. The number of ether oxygens (including phenoxy) is 1. The van der Waals surface area contributed by atoms with Crippen LogP contribution in [0.1, 0.15) is 43.4 Å². The molecule has 1 saturated heterocycles. The summed E-state index contributed by atoms with van der Waals surface area (Å²) in [5.41, 5.74) is 1.45. The van der Waals surface area contributed by atoms with Gasteiger partial charge in [0.2, 0.25) is 0 Å². The Hall–Kier alpha value is -3.43. The highest BCUT2D eigenvalue weighted by atomic mass is 19.4. The van der Waals surface area contributed by atoms with Crippen LogP contribution < -0.4 is 10.5 Å². The van der Waals surface area contributed by atoms with Crippen molar-refractivity contribution in [1.29, 1.82) is 0 Å². The van der Waals surface area contributed by atoms with Gasteiger partial charge in [-0.2, -0.15) is 26.3 Å². The van der Waals surface area contributed by atoms with Gasteiger partial charge in [0.25, 0.3) is 0 Å². The van der Waals surface area contributed by atoms with Crippen LogP contribution in [0.15, 0.2) is 47.0 Å². The Morgan fingerprint density at radius 2 is 1.68 bits per heavy atom. The first-order valence-corrected chi connectivity index (χ1v) is 14.0. The fraction of sp³-hybridized carbons (Fsp3) is 0.517. The monoisotopic (exact) mass is 635 g/mol. The maximum absolute atomic E-state index is 14.2. The van der Waals surface area contributed by atoms with E-state index >= 15 is 0 Å². The first-order valence-electron chi connectivity index (χ1n) is 14.0. The highest BCUT2D eigenvalue weighted by molar-refractivity contribution is 6.11. The van der Waals surface area contributed by atoms with Crippen molar-refractivity contribution < 1.29 is 45.4 Å². The number of carbonyl (C=O) groups excluding carboxylic acids is 1. The molecular weight excluding hydrogens is 599 g/mol. The number of β-amino-alcohol motifs (C(OH)–C–C–N with tert-alkyl or cyclic N) is 1. The van der Waals surface area contributed by atoms with Gasteiger partial charge in [-0.3, -0.25) is 19.7 Å². The van der Waals surface area contributed by atoms with Gasteiger partial charge in [-0.05, 0) is 44.6 Å². The lowest BCUT2D eigenvalue weighted by Crippen LogP contribution is -2.47. The lowest BCUT2D eigenvalue weighted by Gasteiger charge is -2.33. The third-order valence-electron chi connectivity index (χ3n) is 7.16. The first kappa shape index (κ1) is 35.1. The number of hydrogen-bond acceptors (Lipinski definition) is 7. The van der Waals surface area contributed by atoms with E-state index in [1.54, 1.807) is 13.8 Å². The number of amides is 1. The number of halogens is 7. The topological polar surface area (TPSA) is 94.6 Å². The fourth-order valence-electron chi connectivity index (χ4n) is 4.87. The third kappa shape index (κ3) is 9.29. The number of allylic oxidation sites excluding steroid dienone is 5. The zero-order valence-corrected chi connectivity index (χ0v) is 24.4. The van der Waals surface area contributed by atoms with Gasteiger partial charge in [-0.1, -0.05) is 0 Å². The Morgan fingerprint density at radius 1 is 1.05 bits per heavy atom. The molecule has 15 heteroatoms. The number of alkyl halides is 6. The van der Waals surface area contributed by atoms with E-state index in [1.807, 2.05) is 0 Å². The average Bonchev–Trinajstić information content (AvgIpc) is 2.94. The molecule has 1 aliphatic carbocycles. The molecule has 8 nitrogen and oxygen atoms in total. The normalized spacial score (nSPS) is 17.7. The molecule has 0 unspecified atom stereocenters. The van der Waals surface area contributed by atoms with Gasteiger partial charge >= 0.3 is 18.4 Å². The number of hydrogen-bond donors (Lipinski definition) is 2. The molecule has 1 heterocycles. The van der Waals surface area contributed by atoms with Gasteiger partial charge in [0, 0.05) is 81.0 Å². The standard InChI is InChI=1S/C29H36F7N5O3/c1-19(2)41(23-5-3-22(30)4-6-23)27(43)44-26-24(15-21(28(31,32)33)16-25(26)29(34,35)36)20(17-37)18-38-7-8-39-9-11-40(12-10-39)13-14-42/h3,5,15-19,42H,4,6-14,37H2,1-2H3/b20-17+,38-18?. The van der Waals surface area contributed by atoms with Crippen molar-refractivity contribution in [2.45, 2.75) is 45.1 Å². The molecule has 0 aromatic heterocycles. The van der Waals surface area contributed by atoms with E-state index < -0.39 is 52.8 Å². The van der Waals surface area contributed by atoms with Crippen LogP contribution in [0.2, 0.25) is 0 Å². The first-order chi connectivity index (χ1) is 20.6. The minimum absolute atomic E-state index is 0.0451. The van der Waals surface area contributed by atoms with Gasteiger partial charge in [0.1, 0.15) is 5.83 Å². The number of aliphatic hydroxyl groups is 1. The molecule has 0 bridgehead atoms. The Labute approximate surface area is 250 Å². The molecule has 1 fully saturated rings. The van der Waals surface area contributed by atoms with Gasteiger partial charge in [-0.25, -0.2) is 9.18 Å². The SMILES string of the molecule is CC(C)N(C(=O)Oc1c(/C(C=NCCN2CCN(CCO)CC2)=C/N)cc(C(F)(F)F)cc1C(F)(F)F)C1=CC=C(F)CC1. The molecule has 1 amide bonds. The van der Waals surface area contributed by atoms with Gasteiger partial charge in [0.05, 0.1) is 24.3 Å². The molecule has 0 saturated carbocycles. The minimum Gasteiger partial charge on any atom is -0.409 e. The summed E-state index contributed by atoms with van der Waals surface area (Å²) in [4.78, 5) is 22.7. The number of piperazine rings is 1. The number of aliphatic imine (C=N–C) groups is 1. The average molecular weight is 636 g/mol. The lowest BCUT2D eigenvalue weighted by molar-refractivity contribution is -0.143. The van der Waals surface area contributed by atoms with Crippen LogP contribution in [0, 0.1) is 0 Å². The predicted molar refractivity (Wildman–Crippen MR) is 151 cm³/mol. The number of rotatable bonds is 10. The second kappa shape index (κ2) is 15.0. The minimum atomic E-state index is -5.35. The summed E-state index contributed by atoms with van der Waals surface area (Å²) in [6.45, 7) is 7.20. The van der Waals surface area contributed by atoms with Crippen LogP contribution in [0.25, 0.3) is 5.57 Å². The van der Waals surface area contributed by atoms with Crippen LogP contribution in [-0.2, 0) is 12.4 Å². The van der Waals surface area contributed by atoms with E-state index in [1.165, 1.54) is 6.08 Å². The van der Waals surface area contributed by atoms with Crippen molar-refractivity contribution in [2.24, 2.45) is 10.7 Å². The zero-order valence-electron chi connectivity index (χ0n) is 24.4. The maximum Gasteiger partial charge on any atom is 0.420 e. The molecule has 1 aromatic carbocycles. The molecule has 3 rings (SSSR count). The van der Waals surface area contributed by atoms with E-state index in [2.05, 4.69) is 14.8 Å². The fourth-order valence-corrected chi connectivity index (χ4v) is 4.87. The number of nitrogens with zero attached hydrogens (tertiary/aromatic N) is 4.